The van der Waals surface area contributed by atoms with Crippen molar-refractivity contribution in [2.45, 2.75) is 26.5 Å². The molecule has 0 radical (unpaired) electrons. The first-order valence-electron chi connectivity index (χ1n) is 12.3. The molecular weight excluding hydrogens is 416 g/mol. The van der Waals surface area contributed by atoms with E-state index in [1.54, 1.807) is 0 Å². The van der Waals surface area contributed by atoms with Crippen LogP contribution >= 0.6 is 0 Å². The average Bonchev–Trinajstić information content (AvgIpc) is 3.22. The van der Waals surface area contributed by atoms with Gasteiger partial charge in [0.25, 0.3) is 0 Å². The lowest BCUT2D eigenvalue weighted by Crippen LogP contribution is -2.34. The number of benzene rings is 4. The summed E-state index contributed by atoms with van der Waals surface area (Å²) in [5, 5.41) is 14.9. The molecule has 0 bridgehead atoms. The molecule has 5 rings (SSSR count). The minimum absolute atomic E-state index is 0.472. The Bertz CT molecular complexity index is 1390. The van der Waals surface area contributed by atoms with Gasteiger partial charge in [0.1, 0.15) is 0 Å². The molecule has 0 fully saturated rings. The van der Waals surface area contributed by atoms with Gasteiger partial charge in [-0.05, 0) is 29.6 Å². The first kappa shape index (κ1) is 22.4. The van der Waals surface area contributed by atoms with Gasteiger partial charge in [-0.25, -0.2) is 0 Å². The SMILES string of the molecule is CCN(CC)C[C@@H](O)Cn1c(-c2ccccc2)c(-c2ccccc2)c2ccc3ccccc3c21. The highest BCUT2D eigenvalue weighted by molar-refractivity contribution is 6.15. The van der Waals surface area contributed by atoms with E-state index in [9.17, 15) is 5.11 Å². The Morgan fingerprint density at radius 1 is 0.706 bits per heavy atom. The zero-order chi connectivity index (χ0) is 23.5. The largest absolute Gasteiger partial charge is 0.390 e. The molecule has 5 aromatic rings. The van der Waals surface area contributed by atoms with Crippen molar-refractivity contribution in [1.29, 1.82) is 0 Å². The minimum atomic E-state index is -0.472. The normalized spacial score (nSPS) is 12.6. The van der Waals surface area contributed by atoms with E-state index in [1.165, 1.54) is 32.8 Å². The summed E-state index contributed by atoms with van der Waals surface area (Å²) in [7, 11) is 0. The Morgan fingerprint density at radius 2 is 1.32 bits per heavy atom. The van der Waals surface area contributed by atoms with Gasteiger partial charge in [-0.2, -0.15) is 0 Å². The number of likely N-dealkylation sites (N-methyl/N-ethyl adjacent to an activating group) is 1. The number of hydrogen-bond acceptors (Lipinski definition) is 2. The number of nitrogens with zero attached hydrogens (tertiary/aromatic N) is 2. The fourth-order valence-electron chi connectivity index (χ4n) is 5.15. The van der Waals surface area contributed by atoms with Crippen LogP contribution in [0.2, 0.25) is 0 Å². The van der Waals surface area contributed by atoms with Crippen molar-refractivity contribution < 1.29 is 5.11 Å². The predicted octanol–water partition coefficient (Wildman–Crippen LogP) is 6.83. The van der Waals surface area contributed by atoms with Gasteiger partial charge in [0, 0.05) is 22.9 Å². The maximum absolute atomic E-state index is 11.3. The number of rotatable bonds is 8. The second kappa shape index (κ2) is 9.84. The Balaban J connectivity index is 1.83. The van der Waals surface area contributed by atoms with Crippen molar-refractivity contribution in [1.82, 2.24) is 9.47 Å². The lowest BCUT2D eigenvalue weighted by Gasteiger charge is -2.23. The third-order valence-corrected chi connectivity index (χ3v) is 6.81. The topological polar surface area (TPSA) is 28.4 Å². The van der Waals surface area contributed by atoms with E-state index in [-0.39, 0.29) is 0 Å². The molecule has 4 aromatic carbocycles. The summed E-state index contributed by atoms with van der Waals surface area (Å²) in [6, 6.07) is 34.3. The molecule has 0 aliphatic rings. The summed E-state index contributed by atoms with van der Waals surface area (Å²) in [6.07, 6.45) is -0.472. The first-order chi connectivity index (χ1) is 16.7. The van der Waals surface area contributed by atoms with E-state index in [4.69, 9.17) is 0 Å². The molecule has 1 aromatic heterocycles. The van der Waals surface area contributed by atoms with Crippen molar-refractivity contribution in [2.24, 2.45) is 0 Å². The Labute approximate surface area is 201 Å². The van der Waals surface area contributed by atoms with E-state index in [2.05, 4.69) is 120 Å². The van der Waals surface area contributed by atoms with Gasteiger partial charge in [-0.15, -0.1) is 0 Å². The third kappa shape index (κ3) is 4.13. The molecular formula is C31H32N2O. The Kier molecular flexibility index (Phi) is 6.48. The summed E-state index contributed by atoms with van der Waals surface area (Å²) >= 11 is 0. The zero-order valence-corrected chi connectivity index (χ0v) is 20.0. The van der Waals surface area contributed by atoms with Gasteiger partial charge in [0.2, 0.25) is 0 Å². The molecule has 0 amide bonds. The summed E-state index contributed by atoms with van der Waals surface area (Å²) in [6.45, 7) is 7.37. The van der Waals surface area contributed by atoms with Gasteiger partial charge >= 0.3 is 0 Å². The molecule has 3 heteroatoms. The second-order valence-corrected chi connectivity index (χ2v) is 8.89. The first-order valence-corrected chi connectivity index (χ1v) is 12.3. The van der Waals surface area contributed by atoms with Crippen LogP contribution in [-0.4, -0.2) is 40.3 Å². The van der Waals surface area contributed by atoms with Crippen LogP contribution in [0.1, 0.15) is 13.8 Å². The lowest BCUT2D eigenvalue weighted by molar-refractivity contribution is 0.104. The molecule has 0 saturated carbocycles. The van der Waals surface area contributed by atoms with Crippen LogP contribution in [0, 0.1) is 0 Å². The number of hydrogen-bond donors (Lipinski definition) is 1. The minimum Gasteiger partial charge on any atom is -0.390 e. The number of fused-ring (bicyclic) bond motifs is 3. The van der Waals surface area contributed by atoms with Crippen LogP contribution < -0.4 is 0 Å². The van der Waals surface area contributed by atoms with Crippen molar-refractivity contribution >= 4 is 21.7 Å². The van der Waals surface area contributed by atoms with Crippen molar-refractivity contribution in [3.8, 4) is 22.4 Å². The smallest absolute Gasteiger partial charge is 0.0845 e. The van der Waals surface area contributed by atoms with Crippen LogP contribution in [0.5, 0.6) is 0 Å². The van der Waals surface area contributed by atoms with Crippen molar-refractivity contribution in [2.75, 3.05) is 19.6 Å². The van der Waals surface area contributed by atoms with E-state index in [1.807, 2.05) is 0 Å². The standard InChI is InChI=1S/C31H32N2O/c1-3-32(4-2)21-26(34)22-33-30(25-16-9-6-10-17-25)29(24-14-7-5-8-15-24)28-20-19-23-13-11-12-18-27(23)31(28)33/h5-20,26,34H,3-4,21-22H2,1-2H3/t26-/m1/s1. The van der Waals surface area contributed by atoms with Crippen LogP contribution in [-0.2, 0) is 6.54 Å². The molecule has 0 saturated heterocycles. The van der Waals surface area contributed by atoms with Crippen LogP contribution in [0.3, 0.4) is 0 Å². The van der Waals surface area contributed by atoms with Crippen LogP contribution in [0.4, 0.5) is 0 Å². The van der Waals surface area contributed by atoms with Crippen LogP contribution in [0.15, 0.2) is 97.1 Å². The molecule has 1 atom stereocenters. The zero-order valence-electron chi connectivity index (χ0n) is 20.0. The van der Waals surface area contributed by atoms with E-state index in [0.29, 0.717) is 13.1 Å². The molecule has 0 spiro atoms. The highest BCUT2D eigenvalue weighted by atomic mass is 16.3. The second-order valence-electron chi connectivity index (χ2n) is 8.89. The summed E-state index contributed by atoms with van der Waals surface area (Å²) < 4.78 is 2.36. The molecule has 1 N–H and O–H groups in total. The quantitative estimate of drug-likeness (QED) is 0.282. The summed E-state index contributed by atoms with van der Waals surface area (Å²) in [4.78, 5) is 2.29. The van der Waals surface area contributed by atoms with E-state index in [0.717, 1.165) is 24.3 Å². The third-order valence-electron chi connectivity index (χ3n) is 6.81. The molecule has 1 heterocycles. The summed E-state index contributed by atoms with van der Waals surface area (Å²) in [5.74, 6) is 0. The van der Waals surface area contributed by atoms with Gasteiger partial charge in [0.15, 0.2) is 0 Å². The molecule has 3 nitrogen and oxygen atoms in total. The molecule has 0 unspecified atom stereocenters. The van der Waals surface area contributed by atoms with Gasteiger partial charge in [-0.3, -0.25) is 0 Å². The number of aromatic nitrogens is 1. The van der Waals surface area contributed by atoms with E-state index >= 15 is 0 Å². The molecule has 34 heavy (non-hydrogen) atoms. The molecule has 0 aliphatic heterocycles. The Hall–Kier alpha value is -3.40. The maximum atomic E-state index is 11.3. The lowest BCUT2D eigenvalue weighted by atomic mass is 9.97. The fourth-order valence-corrected chi connectivity index (χ4v) is 5.15. The molecule has 172 valence electrons. The highest BCUT2D eigenvalue weighted by Gasteiger charge is 2.23. The van der Waals surface area contributed by atoms with Crippen molar-refractivity contribution in [3.63, 3.8) is 0 Å². The monoisotopic (exact) mass is 448 g/mol. The number of aliphatic hydroxyl groups excluding tert-OH is 1. The van der Waals surface area contributed by atoms with Crippen molar-refractivity contribution in [3.05, 3.63) is 97.1 Å². The Morgan fingerprint density at radius 3 is 2.00 bits per heavy atom. The summed E-state index contributed by atoms with van der Waals surface area (Å²) in [5.41, 5.74) is 5.93. The highest BCUT2D eigenvalue weighted by Crippen LogP contribution is 2.43. The maximum Gasteiger partial charge on any atom is 0.0845 e. The molecule has 0 aliphatic carbocycles. The van der Waals surface area contributed by atoms with Gasteiger partial charge in [-0.1, -0.05) is 111 Å². The average molecular weight is 449 g/mol. The van der Waals surface area contributed by atoms with Gasteiger partial charge in [0.05, 0.1) is 23.9 Å². The fraction of sp³-hybridized carbons (Fsp3) is 0.226. The van der Waals surface area contributed by atoms with Gasteiger partial charge < -0.3 is 14.6 Å². The number of aliphatic hydroxyl groups is 1. The van der Waals surface area contributed by atoms with E-state index < -0.39 is 6.10 Å². The predicted molar refractivity (Wildman–Crippen MR) is 144 cm³/mol. The van der Waals surface area contributed by atoms with Crippen LogP contribution in [0.25, 0.3) is 44.1 Å².